The molecule has 0 N–H and O–H groups in total. The molecular formula is C21H27N5O. The molecule has 2 aliphatic heterocycles. The second kappa shape index (κ2) is 8.37. The summed E-state index contributed by atoms with van der Waals surface area (Å²) in [7, 11) is 0. The molecule has 2 saturated heterocycles. The minimum atomic E-state index is 0.0670. The topological polar surface area (TPSA) is 52.6 Å². The van der Waals surface area contributed by atoms with Crippen molar-refractivity contribution >= 4 is 17.5 Å². The van der Waals surface area contributed by atoms with Crippen LogP contribution in [-0.4, -0.2) is 60.0 Å². The van der Waals surface area contributed by atoms with Gasteiger partial charge in [-0.2, -0.15) is 0 Å². The third kappa shape index (κ3) is 4.21. The Labute approximate surface area is 160 Å². The third-order valence-corrected chi connectivity index (χ3v) is 5.46. The Morgan fingerprint density at radius 2 is 1.33 bits per heavy atom. The number of piperazine rings is 1. The number of rotatable bonds is 3. The standard InChI is InChI=1S/C21H27N5O/c27-20(25-10-6-1-2-7-11-25)18-16-22-21(23-17-18)26-14-12-24(13-15-26)19-8-4-3-5-9-19/h3-5,8-9,16-17H,1-2,6-7,10-15H2. The lowest BCUT2D eigenvalue weighted by Gasteiger charge is -2.36. The maximum Gasteiger partial charge on any atom is 0.256 e. The Morgan fingerprint density at radius 1 is 0.741 bits per heavy atom. The van der Waals surface area contributed by atoms with Crippen molar-refractivity contribution in [2.45, 2.75) is 25.7 Å². The van der Waals surface area contributed by atoms with Crippen LogP contribution in [0.3, 0.4) is 0 Å². The van der Waals surface area contributed by atoms with Gasteiger partial charge < -0.3 is 14.7 Å². The SMILES string of the molecule is O=C(c1cnc(N2CCN(c3ccccc3)CC2)nc1)N1CCCCCC1. The van der Waals surface area contributed by atoms with Crippen LogP contribution in [-0.2, 0) is 0 Å². The van der Waals surface area contributed by atoms with Crippen molar-refractivity contribution in [2.24, 2.45) is 0 Å². The molecule has 0 radical (unpaired) electrons. The number of aromatic nitrogens is 2. The first-order valence-corrected chi connectivity index (χ1v) is 9.97. The summed E-state index contributed by atoms with van der Waals surface area (Å²) in [5.41, 5.74) is 1.86. The van der Waals surface area contributed by atoms with Crippen LogP contribution in [0.4, 0.5) is 11.6 Å². The molecule has 0 bridgehead atoms. The highest BCUT2D eigenvalue weighted by Gasteiger charge is 2.21. The lowest BCUT2D eigenvalue weighted by atomic mass is 10.2. The molecule has 2 aliphatic rings. The highest BCUT2D eigenvalue weighted by molar-refractivity contribution is 5.93. The van der Waals surface area contributed by atoms with Crippen LogP contribution < -0.4 is 9.80 Å². The van der Waals surface area contributed by atoms with Crippen molar-refractivity contribution in [1.29, 1.82) is 0 Å². The Bertz CT molecular complexity index is 733. The lowest BCUT2D eigenvalue weighted by molar-refractivity contribution is 0.0761. The van der Waals surface area contributed by atoms with Gasteiger partial charge in [0.15, 0.2) is 0 Å². The Kier molecular flexibility index (Phi) is 5.51. The molecule has 3 heterocycles. The fourth-order valence-corrected chi connectivity index (χ4v) is 3.85. The minimum absolute atomic E-state index is 0.0670. The molecule has 0 unspecified atom stereocenters. The average Bonchev–Trinajstić information content (AvgIpc) is 3.04. The largest absolute Gasteiger partial charge is 0.368 e. The Hall–Kier alpha value is -2.63. The van der Waals surface area contributed by atoms with E-state index in [2.05, 4.69) is 44.0 Å². The summed E-state index contributed by atoms with van der Waals surface area (Å²) in [4.78, 5) is 28.2. The van der Waals surface area contributed by atoms with Crippen LogP contribution >= 0.6 is 0 Å². The summed E-state index contributed by atoms with van der Waals surface area (Å²) < 4.78 is 0. The van der Waals surface area contributed by atoms with Gasteiger partial charge in [-0.3, -0.25) is 4.79 Å². The second-order valence-corrected chi connectivity index (χ2v) is 7.29. The summed E-state index contributed by atoms with van der Waals surface area (Å²) in [5, 5.41) is 0. The average molecular weight is 365 g/mol. The van der Waals surface area contributed by atoms with Gasteiger partial charge in [0.1, 0.15) is 0 Å². The summed E-state index contributed by atoms with van der Waals surface area (Å²) in [6.45, 7) is 5.36. The molecule has 6 heteroatoms. The fraction of sp³-hybridized carbons (Fsp3) is 0.476. The van der Waals surface area contributed by atoms with E-state index in [1.54, 1.807) is 12.4 Å². The van der Waals surface area contributed by atoms with Crippen LogP contribution in [0.15, 0.2) is 42.7 Å². The predicted molar refractivity (Wildman–Crippen MR) is 107 cm³/mol. The van der Waals surface area contributed by atoms with Gasteiger partial charge in [0, 0.05) is 57.3 Å². The maximum absolute atomic E-state index is 12.7. The molecule has 0 spiro atoms. The molecule has 0 aliphatic carbocycles. The number of hydrogen-bond acceptors (Lipinski definition) is 5. The number of amides is 1. The first-order valence-electron chi connectivity index (χ1n) is 9.97. The van der Waals surface area contributed by atoms with E-state index in [0.717, 1.165) is 58.1 Å². The first-order chi connectivity index (χ1) is 13.3. The van der Waals surface area contributed by atoms with E-state index in [1.165, 1.54) is 18.5 Å². The van der Waals surface area contributed by atoms with E-state index in [0.29, 0.717) is 5.56 Å². The van der Waals surface area contributed by atoms with E-state index >= 15 is 0 Å². The monoisotopic (exact) mass is 365 g/mol. The molecule has 27 heavy (non-hydrogen) atoms. The van der Waals surface area contributed by atoms with Gasteiger partial charge in [0.2, 0.25) is 5.95 Å². The van der Waals surface area contributed by atoms with Crippen LogP contribution in [0.5, 0.6) is 0 Å². The molecule has 4 rings (SSSR count). The first kappa shape index (κ1) is 17.8. The van der Waals surface area contributed by atoms with Gasteiger partial charge in [-0.1, -0.05) is 31.0 Å². The maximum atomic E-state index is 12.7. The highest BCUT2D eigenvalue weighted by atomic mass is 16.2. The molecule has 1 aromatic heterocycles. The smallest absolute Gasteiger partial charge is 0.256 e. The van der Waals surface area contributed by atoms with Gasteiger partial charge in [-0.25, -0.2) is 9.97 Å². The van der Waals surface area contributed by atoms with Crippen molar-refractivity contribution in [3.63, 3.8) is 0 Å². The van der Waals surface area contributed by atoms with E-state index < -0.39 is 0 Å². The van der Waals surface area contributed by atoms with Crippen molar-refractivity contribution < 1.29 is 4.79 Å². The number of carbonyl (C=O) groups excluding carboxylic acids is 1. The zero-order valence-corrected chi connectivity index (χ0v) is 15.8. The number of anilines is 2. The molecule has 2 fully saturated rings. The molecule has 1 aromatic carbocycles. The predicted octanol–water partition coefficient (Wildman–Crippen LogP) is 2.82. The van der Waals surface area contributed by atoms with Crippen LogP contribution in [0.1, 0.15) is 36.0 Å². The number of benzene rings is 1. The quantitative estimate of drug-likeness (QED) is 0.837. The zero-order valence-electron chi connectivity index (χ0n) is 15.8. The Balaban J connectivity index is 1.36. The summed E-state index contributed by atoms with van der Waals surface area (Å²) in [6, 6.07) is 10.5. The highest BCUT2D eigenvalue weighted by Crippen LogP contribution is 2.18. The van der Waals surface area contributed by atoms with Crippen molar-refractivity contribution in [2.75, 3.05) is 49.1 Å². The zero-order chi connectivity index (χ0) is 18.5. The van der Waals surface area contributed by atoms with E-state index in [4.69, 9.17) is 0 Å². The third-order valence-electron chi connectivity index (χ3n) is 5.46. The van der Waals surface area contributed by atoms with Crippen LogP contribution in [0.2, 0.25) is 0 Å². The van der Waals surface area contributed by atoms with E-state index in [1.807, 2.05) is 11.0 Å². The Morgan fingerprint density at radius 3 is 1.96 bits per heavy atom. The molecule has 142 valence electrons. The number of para-hydroxylation sites is 1. The van der Waals surface area contributed by atoms with Gasteiger partial charge in [0.05, 0.1) is 5.56 Å². The summed E-state index contributed by atoms with van der Waals surface area (Å²) in [6.07, 6.45) is 8.01. The molecular weight excluding hydrogens is 338 g/mol. The second-order valence-electron chi connectivity index (χ2n) is 7.29. The van der Waals surface area contributed by atoms with Crippen LogP contribution in [0, 0.1) is 0 Å². The molecule has 0 atom stereocenters. The fourth-order valence-electron chi connectivity index (χ4n) is 3.85. The number of hydrogen-bond donors (Lipinski definition) is 0. The van der Waals surface area contributed by atoms with Crippen molar-refractivity contribution in [3.8, 4) is 0 Å². The molecule has 1 amide bonds. The van der Waals surface area contributed by atoms with Gasteiger partial charge in [-0.15, -0.1) is 0 Å². The summed E-state index contributed by atoms with van der Waals surface area (Å²) in [5.74, 6) is 0.785. The molecule has 0 saturated carbocycles. The van der Waals surface area contributed by atoms with Crippen molar-refractivity contribution in [1.82, 2.24) is 14.9 Å². The van der Waals surface area contributed by atoms with E-state index in [9.17, 15) is 4.79 Å². The van der Waals surface area contributed by atoms with Crippen LogP contribution in [0.25, 0.3) is 0 Å². The minimum Gasteiger partial charge on any atom is -0.368 e. The molecule has 2 aromatic rings. The lowest BCUT2D eigenvalue weighted by Crippen LogP contribution is -2.47. The number of likely N-dealkylation sites (tertiary alicyclic amines) is 1. The number of nitrogens with zero attached hydrogens (tertiary/aromatic N) is 5. The normalized spacial score (nSPS) is 18.3. The van der Waals surface area contributed by atoms with Gasteiger partial charge in [0.25, 0.3) is 5.91 Å². The summed E-state index contributed by atoms with van der Waals surface area (Å²) >= 11 is 0. The van der Waals surface area contributed by atoms with Gasteiger partial charge >= 0.3 is 0 Å². The van der Waals surface area contributed by atoms with E-state index in [-0.39, 0.29) is 5.91 Å². The van der Waals surface area contributed by atoms with Crippen molar-refractivity contribution in [3.05, 3.63) is 48.3 Å². The van der Waals surface area contributed by atoms with Gasteiger partial charge in [-0.05, 0) is 25.0 Å². The molecule has 6 nitrogen and oxygen atoms in total. The number of carbonyl (C=O) groups is 1.